The number of nitrogens with zero attached hydrogens (tertiary/aromatic N) is 3. The quantitative estimate of drug-likeness (QED) is 0.358. The van der Waals surface area contributed by atoms with E-state index < -0.39 is 0 Å². The van der Waals surface area contributed by atoms with Crippen molar-refractivity contribution >= 4 is 40.9 Å². The van der Waals surface area contributed by atoms with E-state index in [1.807, 2.05) is 10.6 Å². The number of amides is 1. The van der Waals surface area contributed by atoms with Gasteiger partial charge in [0.1, 0.15) is 0 Å². The Labute approximate surface area is 179 Å². The van der Waals surface area contributed by atoms with Crippen LogP contribution in [0.3, 0.4) is 0 Å². The van der Waals surface area contributed by atoms with Gasteiger partial charge in [-0.15, -0.1) is 16.8 Å². The van der Waals surface area contributed by atoms with E-state index in [-0.39, 0.29) is 5.91 Å². The Morgan fingerprint density at radius 1 is 1.21 bits per heavy atom. The first kappa shape index (κ1) is 21.2. The molecular formula is C20H24Cl2N4OS. The largest absolute Gasteiger partial charge is 0.353 e. The predicted octanol–water partition coefficient (Wildman–Crippen LogP) is 5.37. The first-order valence-corrected chi connectivity index (χ1v) is 11.2. The number of hydrogen-bond donors (Lipinski definition) is 1. The summed E-state index contributed by atoms with van der Waals surface area (Å²) in [7, 11) is 0. The number of carbonyl (C=O) groups excluding carboxylic acids is 1. The fraction of sp³-hybridized carbons (Fsp3) is 0.450. The van der Waals surface area contributed by atoms with E-state index in [9.17, 15) is 4.79 Å². The van der Waals surface area contributed by atoms with E-state index in [2.05, 4.69) is 22.1 Å². The van der Waals surface area contributed by atoms with Gasteiger partial charge >= 0.3 is 0 Å². The van der Waals surface area contributed by atoms with Crippen LogP contribution in [0.2, 0.25) is 10.0 Å². The van der Waals surface area contributed by atoms with E-state index in [1.54, 1.807) is 18.2 Å². The van der Waals surface area contributed by atoms with Gasteiger partial charge in [0, 0.05) is 18.2 Å². The number of benzene rings is 1. The number of carbonyl (C=O) groups is 1. The standard InChI is InChI=1S/C20H24Cl2N4OS/c1-2-11-26-19(14-9-10-16(21)17(22)12-14)24-25-20(26)28-13-18(27)23-15-7-5-3-4-6-8-15/h2,9-10,12,15H,1,3-8,11,13H2,(H,23,27). The molecule has 1 N–H and O–H groups in total. The van der Waals surface area contributed by atoms with Crippen LogP contribution in [0.15, 0.2) is 36.0 Å². The maximum absolute atomic E-state index is 12.4. The molecule has 150 valence electrons. The fourth-order valence-corrected chi connectivity index (χ4v) is 4.42. The minimum absolute atomic E-state index is 0.0427. The zero-order chi connectivity index (χ0) is 19.9. The van der Waals surface area contributed by atoms with Crippen LogP contribution >= 0.6 is 35.0 Å². The molecule has 0 atom stereocenters. The normalized spacial score (nSPS) is 15.2. The zero-order valence-corrected chi connectivity index (χ0v) is 18.0. The molecule has 1 aliphatic carbocycles. The molecule has 3 rings (SSSR count). The van der Waals surface area contributed by atoms with Crippen molar-refractivity contribution in [2.75, 3.05) is 5.75 Å². The molecule has 0 spiro atoms. The van der Waals surface area contributed by atoms with Crippen LogP contribution < -0.4 is 5.32 Å². The summed E-state index contributed by atoms with van der Waals surface area (Å²) in [6.45, 7) is 4.35. The Kier molecular flexibility index (Phi) is 7.82. The molecule has 0 unspecified atom stereocenters. The molecule has 1 saturated carbocycles. The minimum Gasteiger partial charge on any atom is -0.353 e. The van der Waals surface area contributed by atoms with E-state index >= 15 is 0 Å². The second-order valence-electron chi connectivity index (χ2n) is 6.88. The third-order valence-corrected chi connectivity index (χ3v) is 6.46. The molecule has 8 heteroatoms. The van der Waals surface area contributed by atoms with Gasteiger partial charge in [0.15, 0.2) is 11.0 Å². The van der Waals surface area contributed by atoms with Gasteiger partial charge in [-0.25, -0.2) is 0 Å². The van der Waals surface area contributed by atoms with Crippen LogP contribution in [0.4, 0.5) is 0 Å². The van der Waals surface area contributed by atoms with Crippen molar-refractivity contribution < 1.29 is 4.79 Å². The highest BCUT2D eigenvalue weighted by Gasteiger charge is 2.18. The first-order chi connectivity index (χ1) is 13.6. The number of rotatable bonds is 7. The molecule has 0 bridgehead atoms. The SMILES string of the molecule is C=CCn1c(SCC(=O)NC2CCCCCC2)nnc1-c1ccc(Cl)c(Cl)c1. The Morgan fingerprint density at radius 3 is 2.64 bits per heavy atom. The average molecular weight is 439 g/mol. The molecule has 0 radical (unpaired) electrons. The Balaban J connectivity index is 1.68. The van der Waals surface area contributed by atoms with E-state index in [4.69, 9.17) is 23.2 Å². The molecule has 0 aliphatic heterocycles. The topological polar surface area (TPSA) is 59.8 Å². The highest BCUT2D eigenvalue weighted by molar-refractivity contribution is 7.99. The highest BCUT2D eigenvalue weighted by Crippen LogP contribution is 2.29. The number of hydrogen-bond acceptors (Lipinski definition) is 4. The lowest BCUT2D eigenvalue weighted by atomic mass is 10.1. The summed E-state index contributed by atoms with van der Waals surface area (Å²) >= 11 is 13.5. The Bertz CT molecular complexity index is 832. The van der Waals surface area contributed by atoms with Crippen molar-refractivity contribution in [1.29, 1.82) is 0 Å². The summed E-state index contributed by atoms with van der Waals surface area (Å²) in [6.07, 6.45) is 8.85. The maximum Gasteiger partial charge on any atom is 0.230 e. The van der Waals surface area contributed by atoms with Crippen molar-refractivity contribution in [3.05, 3.63) is 40.9 Å². The van der Waals surface area contributed by atoms with Crippen LogP contribution in [0.25, 0.3) is 11.4 Å². The van der Waals surface area contributed by atoms with Gasteiger partial charge in [-0.05, 0) is 31.0 Å². The number of nitrogens with one attached hydrogen (secondary N) is 1. The lowest BCUT2D eigenvalue weighted by Gasteiger charge is -2.16. The Hall–Kier alpha value is -1.50. The van der Waals surface area contributed by atoms with E-state index in [1.165, 1.54) is 37.4 Å². The molecule has 1 aromatic heterocycles. The highest BCUT2D eigenvalue weighted by atomic mass is 35.5. The molecule has 28 heavy (non-hydrogen) atoms. The van der Waals surface area contributed by atoms with E-state index in [0.717, 1.165) is 18.4 Å². The predicted molar refractivity (Wildman–Crippen MR) is 116 cm³/mol. The summed E-state index contributed by atoms with van der Waals surface area (Å²) in [5, 5.41) is 13.4. The van der Waals surface area contributed by atoms with Crippen molar-refractivity contribution in [3.63, 3.8) is 0 Å². The van der Waals surface area contributed by atoms with Gasteiger partial charge in [0.25, 0.3) is 0 Å². The third kappa shape index (κ3) is 5.52. The smallest absolute Gasteiger partial charge is 0.230 e. The molecule has 2 aromatic rings. The van der Waals surface area contributed by atoms with Gasteiger partial charge < -0.3 is 5.32 Å². The number of halogens is 2. The van der Waals surface area contributed by atoms with Crippen LogP contribution in [0.1, 0.15) is 38.5 Å². The molecule has 1 amide bonds. The maximum atomic E-state index is 12.4. The monoisotopic (exact) mass is 438 g/mol. The van der Waals surface area contributed by atoms with Crippen molar-refractivity contribution in [3.8, 4) is 11.4 Å². The van der Waals surface area contributed by atoms with Crippen LogP contribution in [-0.4, -0.2) is 32.5 Å². The number of aromatic nitrogens is 3. The first-order valence-electron chi connectivity index (χ1n) is 9.50. The summed E-state index contributed by atoms with van der Waals surface area (Å²) in [5.74, 6) is 1.03. The fourth-order valence-electron chi connectivity index (χ4n) is 3.36. The number of thioether (sulfide) groups is 1. The van der Waals surface area contributed by atoms with Crippen molar-refractivity contribution in [2.45, 2.75) is 56.3 Å². The van der Waals surface area contributed by atoms with Crippen molar-refractivity contribution in [2.24, 2.45) is 0 Å². The van der Waals surface area contributed by atoms with Crippen molar-refractivity contribution in [1.82, 2.24) is 20.1 Å². The van der Waals surface area contributed by atoms with Gasteiger partial charge in [-0.1, -0.05) is 66.7 Å². The van der Waals surface area contributed by atoms with Gasteiger partial charge in [0.05, 0.1) is 15.8 Å². The molecule has 5 nitrogen and oxygen atoms in total. The molecule has 1 aromatic carbocycles. The molecule has 1 heterocycles. The number of allylic oxidation sites excluding steroid dienone is 1. The summed E-state index contributed by atoms with van der Waals surface area (Å²) in [4.78, 5) is 12.4. The molecular weight excluding hydrogens is 415 g/mol. The second-order valence-corrected chi connectivity index (χ2v) is 8.64. The molecule has 0 saturated heterocycles. The van der Waals surface area contributed by atoms with E-state index in [0.29, 0.717) is 39.4 Å². The molecule has 1 aliphatic rings. The minimum atomic E-state index is 0.0427. The summed E-state index contributed by atoms with van der Waals surface area (Å²) in [5.41, 5.74) is 0.818. The lowest BCUT2D eigenvalue weighted by Crippen LogP contribution is -2.35. The molecule has 1 fully saturated rings. The lowest BCUT2D eigenvalue weighted by molar-refractivity contribution is -0.119. The summed E-state index contributed by atoms with van der Waals surface area (Å²) in [6, 6.07) is 5.65. The average Bonchev–Trinajstić information content (AvgIpc) is 2.89. The summed E-state index contributed by atoms with van der Waals surface area (Å²) < 4.78 is 1.93. The van der Waals surface area contributed by atoms with Crippen LogP contribution in [0.5, 0.6) is 0 Å². The Morgan fingerprint density at radius 2 is 1.96 bits per heavy atom. The van der Waals surface area contributed by atoms with Gasteiger partial charge in [0.2, 0.25) is 5.91 Å². The van der Waals surface area contributed by atoms with Crippen LogP contribution in [0, 0.1) is 0 Å². The van der Waals surface area contributed by atoms with Gasteiger partial charge in [-0.3, -0.25) is 9.36 Å². The third-order valence-electron chi connectivity index (χ3n) is 4.76. The zero-order valence-electron chi connectivity index (χ0n) is 15.7. The van der Waals surface area contributed by atoms with Gasteiger partial charge in [-0.2, -0.15) is 0 Å². The van der Waals surface area contributed by atoms with Crippen LogP contribution in [-0.2, 0) is 11.3 Å². The second kappa shape index (κ2) is 10.3.